The van der Waals surface area contributed by atoms with Gasteiger partial charge in [0.1, 0.15) is 0 Å². The molecule has 2 aromatic rings. The second kappa shape index (κ2) is 5.63. The highest BCUT2D eigenvalue weighted by Crippen LogP contribution is 2.29. The Morgan fingerprint density at radius 2 is 1.80 bits per heavy atom. The van der Waals surface area contributed by atoms with Gasteiger partial charge in [-0.15, -0.1) is 0 Å². The van der Waals surface area contributed by atoms with Crippen LogP contribution >= 0.6 is 0 Å². The van der Waals surface area contributed by atoms with E-state index in [1.165, 1.54) is 12.1 Å². The van der Waals surface area contributed by atoms with Gasteiger partial charge in [-0.25, -0.2) is 0 Å². The number of halogens is 3. The third-order valence-corrected chi connectivity index (χ3v) is 3.12. The smallest absolute Gasteiger partial charge is 0.388 e. The predicted octanol–water partition coefficient (Wildman–Crippen LogP) is 3.68. The first-order valence-electron chi connectivity index (χ1n) is 6.13. The number of aryl methyl sites for hydroxylation is 1. The van der Waals surface area contributed by atoms with E-state index in [1.807, 2.05) is 0 Å². The molecule has 0 saturated carbocycles. The van der Waals surface area contributed by atoms with Crippen LogP contribution in [0.2, 0.25) is 0 Å². The lowest BCUT2D eigenvalue weighted by Gasteiger charge is -2.13. The van der Waals surface area contributed by atoms with Crippen molar-refractivity contribution in [3.8, 4) is 0 Å². The minimum atomic E-state index is -4.34. The van der Waals surface area contributed by atoms with Gasteiger partial charge in [0.05, 0.1) is 11.7 Å². The van der Waals surface area contributed by atoms with E-state index in [1.54, 1.807) is 25.3 Å². The molecule has 1 N–H and O–H groups in total. The molecule has 0 aliphatic heterocycles. The highest BCUT2D eigenvalue weighted by molar-refractivity contribution is 5.28. The van der Waals surface area contributed by atoms with Gasteiger partial charge in [-0.1, -0.05) is 18.2 Å². The average Bonchev–Trinajstić information content (AvgIpc) is 2.38. The number of aliphatic hydroxyl groups excluding tert-OH is 1. The van der Waals surface area contributed by atoms with Crippen LogP contribution in [0.1, 0.15) is 28.5 Å². The summed E-state index contributed by atoms with van der Waals surface area (Å²) in [5.74, 6) is 0. The summed E-state index contributed by atoms with van der Waals surface area (Å²) in [5, 5.41) is 10.1. The van der Waals surface area contributed by atoms with E-state index in [0.717, 1.165) is 12.1 Å². The van der Waals surface area contributed by atoms with Crippen LogP contribution in [0.4, 0.5) is 13.2 Å². The normalized spacial score (nSPS) is 13.2. The number of aromatic nitrogens is 1. The Morgan fingerprint density at radius 3 is 2.35 bits per heavy atom. The summed E-state index contributed by atoms with van der Waals surface area (Å²) in [6.07, 6.45) is -3.23. The van der Waals surface area contributed by atoms with Gasteiger partial charge in [0.15, 0.2) is 0 Å². The van der Waals surface area contributed by atoms with Gasteiger partial charge in [-0.05, 0) is 30.7 Å². The monoisotopic (exact) mass is 281 g/mol. The van der Waals surface area contributed by atoms with Gasteiger partial charge >= 0.3 is 6.18 Å². The third-order valence-electron chi connectivity index (χ3n) is 3.12. The predicted molar refractivity (Wildman–Crippen MR) is 69.1 cm³/mol. The number of hydrogen-bond acceptors (Lipinski definition) is 2. The first-order chi connectivity index (χ1) is 9.38. The molecular weight excluding hydrogens is 267 g/mol. The summed E-state index contributed by atoms with van der Waals surface area (Å²) in [6.45, 7) is 1.78. The maximum absolute atomic E-state index is 12.4. The molecule has 1 heterocycles. The summed E-state index contributed by atoms with van der Waals surface area (Å²) < 4.78 is 37.3. The van der Waals surface area contributed by atoms with Crippen LogP contribution in [0, 0.1) is 6.92 Å². The third kappa shape index (κ3) is 3.36. The van der Waals surface area contributed by atoms with Crippen molar-refractivity contribution in [3.05, 3.63) is 65.0 Å². The van der Waals surface area contributed by atoms with E-state index in [0.29, 0.717) is 16.8 Å². The molecule has 1 aromatic heterocycles. The van der Waals surface area contributed by atoms with Gasteiger partial charge in [0.2, 0.25) is 0 Å². The molecule has 5 heteroatoms. The molecule has 0 saturated heterocycles. The lowest BCUT2D eigenvalue weighted by Crippen LogP contribution is -2.07. The van der Waals surface area contributed by atoms with Crippen molar-refractivity contribution in [2.24, 2.45) is 0 Å². The first kappa shape index (κ1) is 14.5. The summed E-state index contributed by atoms with van der Waals surface area (Å²) >= 11 is 0. The lowest BCUT2D eigenvalue weighted by atomic mass is 10.00. The Hall–Kier alpha value is -1.88. The first-order valence-corrected chi connectivity index (χ1v) is 6.13. The molecule has 0 radical (unpaired) electrons. The van der Waals surface area contributed by atoms with Gasteiger partial charge < -0.3 is 5.11 Å². The summed E-state index contributed by atoms with van der Waals surface area (Å²) in [5.41, 5.74) is 1.36. The Morgan fingerprint density at radius 1 is 1.15 bits per heavy atom. The molecule has 1 unspecified atom stereocenters. The van der Waals surface area contributed by atoms with Crippen molar-refractivity contribution in [1.29, 1.82) is 0 Å². The van der Waals surface area contributed by atoms with E-state index in [4.69, 9.17) is 0 Å². The Kier molecular flexibility index (Phi) is 4.09. The highest BCUT2D eigenvalue weighted by Gasteiger charge is 2.30. The average molecular weight is 281 g/mol. The van der Waals surface area contributed by atoms with Crippen LogP contribution in [0.3, 0.4) is 0 Å². The fourth-order valence-electron chi connectivity index (χ4n) is 2.01. The van der Waals surface area contributed by atoms with Gasteiger partial charge in [0.25, 0.3) is 0 Å². The van der Waals surface area contributed by atoms with Crippen molar-refractivity contribution in [2.75, 3.05) is 0 Å². The summed E-state index contributed by atoms with van der Waals surface area (Å²) in [4.78, 5) is 4.08. The van der Waals surface area contributed by atoms with Crippen molar-refractivity contribution in [1.82, 2.24) is 4.98 Å². The van der Waals surface area contributed by atoms with Crippen LogP contribution in [0.5, 0.6) is 0 Å². The van der Waals surface area contributed by atoms with E-state index in [9.17, 15) is 18.3 Å². The maximum Gasteiger partial charge on any atom is 0.416 e. The molecule has 1 atom stereocenters. The standard InChI is InChI=1S/C15H14F3NO/c1-10-13(3-2-8-19-10)14(20)9-11-4-6-12(7-5-11)15(16,17)18/h2-8,14,20H,9H2,1H3. The number of pyridine rings is 1. The lowest BCUT2D eigenvalue weighted by molar-refractivity contribution is -0.137. The van der Waals surface area contributed by atoms with Gasteiger partial charge in [-0.2, -0.15) is 13.2 Å². The largest absolute Gasteiger partial charge is 0.416 e. The van der Waals surface area contributed by atoms with Crippen molar-refractivity contribution in [2.45, 2.75) is 25.6 Å². The highest BCUT2D eigenvalue weighted by atomic mass is 19.4. The van der Waals surface area contributed by atoms with Gasteiger partial charge in [0, 0.05) is 23.9 Å². The molecule has 0 fully saturated rings. The number of aliphatic hydroxyl groups is 1. The number of hydrogen-bond donors (Lipinski definition) is 1. The van der Waals surface area contributed by atoms with Crippen LogP contribution in [0.15, 0.2) is 42.6 Å². The summed E-state index contributed by atoms with van der Waals surface area (Å²) in [6, 6.07) is 8.31. The zero-order valence-electron chi connectivity index (χ0n) is 10.9. The van der Waals surface area contributed by atoms with Crippen molar-refractivity contribution >= 4 is 0 Å². The van der Waals surface area contributed by atoms with Crippen LogP contribution < -0.4 is 0 Å². The number of benzene rings is 1. The van der Waals surface area contributed by atoms with Crippen molar-refractivity contribution in [3.63, 3.8) is 0 Å². The Labute approximate surface area is 114 Å². The number of rotatable bonds is 3. The molecule has 2 nitrogen and oxygen atoms in total. The molecule has 0 aliphatic rings. The molecule has 0 spiro atoms. The summed E-state index contributed by atoms with van der Waals surface area (Å²) in [7, 11) is 0. The fourth-order valence-corrected chi connectivity index (χ4v) is 2.01. The van der Waals surface area contributed by atoms with E-state index < -0.39 is 17.8 Å². The Bertz CT molecular complexity index is 578. The number of nitrogens with zero attached hydrogens (tertiary/aromatic N) is 1. The van der Waals surface area contributed by atoms with Gasteiger partial charge in [-0.3, -0.25) is 4.98 Å². The molecule has 0 bridgehead atoms. The second-order valence-corrected chi connectivity index (χ2v) is 4.59. The topological polar surface area (TPSA) is 33.1 Å². The molecule has 106 valence electrons. The molecule has 0 amide bonds. The van der Waals surface area contributed by atoms with Crippen LogP contribution in [0.25, 0.3) is 0 Å². The number of alkyl halides is 3. The van der Waals surface area contributed by atoms with E-state index in [-0.39, 0.29) is 6.42 Å². The quantitative estimate of drug-likeness (QED) is 0.930. The van der Waals surface area contributed by atoms with Crippen molar-refractivity contribution < 1.29 is 18.3 Å². The molecule has 1 aromatic carbocycles. The second-order valence-electron chi connectivity index (χ2n) is 4.59. The van der Waals surface area contributed by atoms with E-state index >= 15 is 0 Å². The molecule has 0 aliphatic carbocycles. The molecule has 20 heavy (non-hydrogen) atoms. The SMILES string of the molecule is Cc1ncccc1C(O)Cc1ccc(C(F)(F)F)cc1. The molecular formula is C15H14F3NO. The van der Waals surface area contributed by atoms with Crippen LogP contribution in [-0.2, 0) is 12.6 Å². The Balaban J connectivity index is 2.13. The van der Waals surface area contributed by atoms with Crippen LogP contribution in [-0.4, -0.2) is 10.1 Å². The zero-order chi connectivity index (χ0) is 14.8. The maximum atomic E-state index is 12.4. The fraction of sp³-hybridized carbons (Fsp3) is 0.267. The van der Waals surface area contributed by atoms with E-state index in [2.05, 4.69) is 4.98 Å². The molecule has 2 rings (SSSR count). The zero-order valence-corrected chi connectivity index (χ0v) is 10.9. The minimum Gasteiger partial charge on any atom is -0.388 e. The minimum absolute atomic E-state index is 0.255.